The Morgan fingerprint density at radius 2 is 1.90 bits per heavy atom. The third-order valence-corrected chi connectivity index (χ3v) is 5.41. The second kappa shape index (κ2) is 8.32. The largest absolute Gasteiger partial charge is 0.445 e. The van der Waals surface area contributed by atoms with Crippen molar-refractivity contribution in [2.24, 2.45) is 0 Å². The highest BCUT2D eigenvalue weighted by Crippen LogP contribution is 2.37. The number of halogens is 8. The van der Waals surface area contributed by atoms with Gasteiger partial charge in [-0.1, -0.05) is 34.5 Å². The van der Waals surface area contributed by atoms with Crippen LogP contribution in [0.5, 0.6) is 0 Å². The Kier molecular flexibility index (Phi) is 6.27. The first-order valence-corrected chi connectivity index (χ1v) is 9.82. The van der Waals surface area contributed by atoms with Crippen LogP contribution in [0.1, 0.15) is 17.6 Å². The average Bonchev–Trinajstić information content (AvgIpc) is 3.17. The SMILES string of the molecule is CC(NC(=O)/C=C/c1c(-c2ccc(Cl)cc2Cl)nc2sc(C(F)(F)F)nn12)C(F)(F)F. The Bertz CT molecular complexity index is 1170. The minimum absolute atomic E-state index is 0.0714. The van der Waals surface area contributed by atoms with Crippen molar-refractivity contribution in [2.45, 2.75) is 25.3 Å². The summed E-state index contributed by atoms with van der Waals surface area (Å²) < 4.78 is 77.7. The minimum Gasteiger partial charge on any atom is -0.341 e. The van der Waals surface area contributed by atoms with Crippen LogP contribution in [0.3, 0.4) is 0 Å². The van der Waals surface area contributed by atoms with E-state index in [9.17, 15) is 31.1 Å². The van der Waals surface area contributed by atoms with Crippen LogP contribution in [0, 0.1) is 0 Å². The third-order valence-electron chi connectivity index (χ3n) is 3.91. The van der Waals surface area contributed by atoms with E-state index in [0.29, 0.717) is 5.02 Å². The zero-order valence-corrected chi connectivity index (χ0v) is 17.5. The molecular weight excluding hydrogens is 493 g/mol. The number of alkyl halides is 6. The van der Waals surface area contributed by atoms with Gasteiger partial charge in [-0.25, -0.2) is 9.50 Å². The lowest BCUT2D eigenvalue weighted by Gasteiger charge is -2.15. The number of carbonyl (C=O) groups excluding carboxylic acids is 1. The summed E-state index contributed by atoms with van der Waals surface area (Å²) in [5.74, 6) is -1.11. The number of fused-ring (bicyclic) bond motifs is 1. The first-order valence-electron chi connectivity index (χ1n) is 8.25. The number of benzene rings is 1. The summed E-state index contributed by atoms with van der Waals surface area (Å²) in [6.07, 6.45) is -7.64. The lowest BCUT2D eigenvalue weighted by molar-refractivity contribution is -0.156. The van der Waals surface area contributed by atoms with Gasteiger partial charge in [0.1, 0.15) is 11.7 Å². The van der Waals surface area contributed by atoms with Crippen LogP contribution in [0.15, 0.2) is 24.3 Å². The predicted octanol–water partition coefficient (Wildman–Crippen LogP) is 5.86. The number of rotatable bonds is 4. The number of nitrogens with one attached hydrogen (secondary N) is 1. The number of imidazole rings is 1. The summed E-state index contributed by atoms with van der Waals surface area (Å²) in [6, 6.07) is 2.18. The fourth-order valence-corrected chi connectivity index (χ4v) is 3.68. The monoisotopic (exact) mass is 502 g/mol. The number of aromatic nitrogens is 3. The molecule has 1 amide bonds. The summed E-state index contributed by atoms with van der Waals surface area (Å²) in [6.45, 7) is 0.748. The van der Waals surface area contributed by atoms with Crippen LogP contribution in [0.2, 0.25) is 10.0 Å². The van der Waals surface area contributed by atoms with E-state index >= 15 is 0 Å². The van der Waals surface area contributed by atoms with Crippen LogP contribution in [0.25, 0.3) is 22.3 Å². The molecule has 0 aliphatic heterocycles. The fourth-order valence-electron chi connectivity index (χ4n) is 2.41. The Balaban J connectivity index is 2.07. The van der Waals surface area contributed by atoms with Gasteiger partial charge in [0.25, 0.3) is 0 Å². The van der Waals surface area contributed by atoms with Crippen molar-refractivity contribution in [3.63, 3.8) is 0 Å². The van der Waals surface area contributed by atoms with Gasteiger partial charge in [-0.05, 0) is 31.2 Å². The Morgan fingerprint density at radius 3 is 2.48 bits per heavy atom. The maximum Gasteiger partial charge on any atom is 0.445 e. The van der Waals surface area contributed by atoms with Crippen molar-refractivity contribution in [1.29, 1.82) is 0 Å². The molecule has 1 atom stereocenters. The van der Waals surface area contributed by atoms with Gasteiger partial charge >= 0.3 is 12.4 Å². The van der Waals surface area contributed by atoms with Gasteiger partial charge in [0, 0.05) is 16.7 Å². The molecule has 2 aromatic heterocycles. The normalized spacial score (nSPS) is 13.8. The topological polar surface area (TPSA) is 59.3 Å². The molecule has 14 heteroatoms. The fraction of sp³-hybridized carbons (Fsp3) is 0.235. The van der Waals surface area contributed by atoms with Gasteiger partial charge in [-0.15, -0.1) is 5.10 Å². The Hall–Kier alpha value is -2.31. The van der Waals surface area contributed by atoms with Gasteiger partial charge in [-0.2, -0.15) is 26.3 Å². The van der Waals surface area contributed by atoms with Gasteiger partial charge in [0.05, 0.1) is 10.7 Å². The average molecular weight is 503 g/mol. The first-order chi connectivity index (χ1) is 14.3. The second-order valence-electron chi connectivity index (χ2n) is 6.17. The zero-order chi connectivity index (χ0) is 23.1. The van der Waals surface area contributed by atoms with Crippen molar-refractivity contribution in [3.05, 3.63) is 45.0 Å². The quantitative estimate of drug-likeness (QED) is 0.358. The van der Waals surface area contributed by atoms with Crippen molar-refractivity contribution in [3.8, 4) is 11.3 Å². The van der Waals surface area contributed by atoms with E-state index in [1.807, 2.05) is 0 Å². The molecule has 0 saturated carbocycles. The molecule has 5 nitrogen and oxygen atoms in total. The molecule has 1 aromatic carbocycles. The molecule has 0 saturated heterocycles. The lowest BCUT2D eigenvalue weighted by atomic mass is 10.1. The number of hydrogen-bond donors (Lipinski definition) is 1. The van der Waals surface area contributed by atoms with Crippen molar-refractivity contribution in [1.82, 2.24) is 19.9 Å². The van der Waals surface area contributed by atoms with Crippen LogP contribution >= 0.6 is 34.5 Å². The van der Waals surface area contributed by atoms with Crippen molar-refractivity contribution < 1.29 is 31.1 Å². The van der Waals surface area contributed by atoms with E-state index < -0.39 is 29.3 Å². The van der Waals surface area contributed by atoms with Crippen LogP contribution in [-0.2, 0) is 11.0 Å². The molecule has 0 aliphatic carbocycles. The van der Waals surface area contributed by atoms with Crippen molar-refractivity contribution >= 4 is 51.5 Å². The molecule has 0 aliphatic rings. The van der Waals surface area contributed by atoms with Gasteiger partial charge in [0.2, 0.25) is 15.9 Å². The number of carbonyl (C=O) groups is 1. The molecule has 3 rings (SSSR count). The first kappa shape index (κ1) is 23.4. The highest BCUT2D eigenvalue weighted by Gasteiger charge is 2.37. The van der Waals surface area contributed by atoms with Gasteiger partial charge < -0.3 is 5.32 Å². The summed E-state index contributed by atoms with van der Waals surface area (Å²) in [5.41, 5.74) is 0.267. The minimum atomic E-state index is -4.73. The molecule has 0 radical (unpaired) electrons. The number of amides is 1. The van der Waals surface area contributed by atoms with E-state index in [1.165, 1.54) is 18.2 Å². The van der Waals surface area contributed by atoms with Crippen LogP contribution in [-0.4, -0.2) is 32.7 Å². The maximum atomic E-state index is 13.0. The molecule has 3 aromatic rings. The van der Waals surface area contributed by atoms with Crippen LogP contribution in [0.4, 0.5) is 26.3 Å². The maximum absolute atomic E-state index is 13.0. The molecule has 0 fully saturated rings. The molecule has 0 bridgehead atoms. The van der Waals surface area contributed by atoms with E-state index in [0.717, 1.165) is 23.6 Å². The molecule has 1 N–H and O–H groups in total. The van der Waals surface area contributed by atoms with E-state index in [1.54, 1.807) is 5.32 Å². The number of hydrogen-bond acceptors (Lipinski definition) is 4. The van der Waals surface area contributed by atoms with E-state index in [4.69, 9.17) is 23.2 Å². The molecule has 0 spiro atoms. The van der Waals surface area contributed by atoms with Crippen LogP contribution < -0.4 is 5.32 Å². The summed E-state index contributed by atoms with van der Waals surface area (Å²) in [5, 5.41) is 4.42. The molecule has 2 heterocycles. The molecule has 1 unspecified atom stereocenters. The lowest BCUT2D eigenvalue weighted by Crippen LogP contribution is -2.42. The summed E-state index contributed by atoms with van der Waals surface area (Å²) >= 11 is 12.3. The molecular formula is C17H10Cl2F6N4OS. The van der Waals surface area contributed by atoms with Crippen molar-refractivity contribution in [2.75, 3.05) is 0 Å². The highest BCUT2D eigenvalue weighted by atomic mass is 35.5. The number of nitrogens with zero attached hydrogens (tertiary/aromatic N) is 3. The second-order valence-corrected chi connectivity index (χ2v) is 7.97. The molecule has 31 heavy (non-hydrogen) atoms. The Morgan fingerprint density at radius 1 is 1.23 bits per heavy atom. The summed E-state index contributed by atoms with van der Waals surface area (Å²) in [4.78, 5) is 15.8. The van der Waals surface area contributed by atoms with Gasteiger partial charge in [-0.3, -0.25) is 4.79 Å². The summed E-state index contributed by atoms with van der Waals surface area (Å²) in [7, 11) is 0. The predicted molar refractivity (Wildman–Crippen MR) is 104 cm³/mol. The standard InChI is InChI=1S/C17H10Cl2F6N4OS/c1-7(16(20,21)22)26-12(30)5-4-11-13(9-3-2-8(18)6-10(9)19)27-15-29(11)28-14(31-15)17(23,24)25/h2-7H,1H3,(H,26,30)/b5-4+. The van der Waals surface area contributed by atoms with E-state index in [-0.39, 0.29) is 38.3 Å². The third kappa shape index (κ3) is 5.13. The van der Waals surface area contributed by atoms with E-state index in [2.05, 4.69) is 10.1 Å². The zero-order valence-electron chi connectivity index (χ0n) is 15.1. The Labute approximate surface area is 184 Å². The van der Waals surface area contributed by atoms with Gasteiger partial charge in [0.15, 0.2) is 0 Å². The highest BCUT2D eigenvalue weighted by molar-refractivity contribution is 7.16. The smallest absolute Gasteiger partial charge is 0.341 e. The molecule has 166 valence electrons.